The van der Waals surface area contributed by atoms with E-state index >= 15 is 0 Å². The van der Waals surface area contributed by atoms with Gasteiger partial charge in [0, 0.05) is 16.6 Å². The minimum absolute atomic E-state index is 0.0675. The smallest absolute Gasteiger partial charge is 0.251 e. The average Bonchev–Trinajstić information content (AvgIpc) is 2.92. The summed E-state index contributed by atoms with van der Waals surface area (Å²) in [7, 11) is 1.60. The van der Waals surface area contributed by atoms with E-state index in [2.05, 4.69) is 40.1 Å². The Morgan fingerprint density at radius 3 is 2.70 bits per heavy atom. The van der Waals surface area contributed by atoms with Gasteiger partial charge in [0.15, 0.2) is 0 Å². The van der Waals surface area contributed by atoms with E-state index in [1.165, 1.54) is 0 Å². The standard InChI is InChI=1S/C17H21BrN2O2S/c1-10(2)7-14(17-19-11(3)9-23-17)20-16(21)12-5-6-15(22-4)13(18)8-12/h5-6,8-10,14H,7H2,1-4H3,(H,20,21). The molecule has 2 aromatic rings. The van der Waals surface area contributed by atoms with Crippen LogP contribution in [0.4, 0.5) is 0 Å². The number of nitrogens with zero attached hydrogens (tertiary/aromatic N) is 1. The molecule has 1 unspecified atom stereocenters. The van der Waals surface area contributed by atoms with E-state index in [4.69, 9.17) is 4.74 Å². The van der Waals surface area contributed by atoms with Crippen LogP contribution in [0, 0.1) is 12.8 Å². The average molecular weight is 397 g/mol. The summed E-state index contributed by atoms with van der Waals surface area (Å²) in [5.74, 6) is 1.06. The number of amides is 1. The molecule has 0 saturated carbocycles. The fraction of sp³-hybridized carbons (Fsp3) is 0.412. The lowest BCUT2D eigenvalue weighted by atomic mass is 10.0. The van der Waals surface area contributed by atoms with E-state index < -0.39 is 0 Å². The van der Waals surface area contributed by atoms with Gasteiger partial charge in [0.1, 0.15) is 10.8 Å². The third-order valence-electron chi connectivity index (χ3n) is 3.36. The molecule has 0 fully saturated rings. The summed E-state index contributed by atoms with van der Waals surface area (Å²) in [6, 6.07) is 5.25. The number of ether oxygens (including phenoxy) is 1. The lowest BCUT2D eigenvalue weighted by Crippen LogP contribution is -2.29. The number of benzene rings is 1. The summed E-state index contributed by atoms with van der Waals surface area (Å²) in [6.07, 6.45) is 0.857. The number of aromatic nitrogens is 1. The maximum Gasteiger partial charge on any atom is 0.251 e. The number of halogens is 1. The van der Waals surface area contributed by atoms with Crippen LogP contribution in [0.2, 0.25) is 0 Å². The predicted octanol–water partition coefficient (Wildman–Crippen LogP) is 4.74. The SMILES string of the molecule is COc1ccc(C(=O)NC(CC(C)C)c2nc(C)cs2)cc1Br. The third kappa shape index (κ3) is 4.78. The first-order chi connectivity index (χ1) is 10.9. The third-order valence-corrected chi connectivity index (χ3v) is 5.06. The lowest BCUT2D eigenvalue weighted by Gasteiger charge is -2.19. The Hall–Kier alpha value is -1.40. The summed E-state index contributed by atoms with van der Waals surface area (Å²) in [5.41, 5.74) is 1.58. The molecular weight excluding hydrogens is 376 g/mol. The van der Waals surface area contributed by atoms with Gasteiger partial charge in [-0.1, -0.05) is 13.8 Å². The van der Waals surface area contributed by atoms with Gasteiger partial charge < -0.3 is 10.1 Å². The molecule has 1 amide bonds. The minimum atomic E-state index is -0.105. The maximum absolute atomic E-state index is 12.6. The van der Waals surface area contributed by atoms with Gasteiger partial charge in [0.05, 0.1) is 17.6 Å². The Morgan fingerprint density at radius 2 is 2.17 bits per heavy atom. The van der Waals surface area contributed by atoms with Crippen molar-refractivity contribution in [3.63, 3.8) is 0 Å². The molecule has 1 aromatic heterocycles. The van der Waals surface area contributed by atoms with Crippen molar-refractivity contribution < 1.29 is 9.53 Å². The summed E-state index contributed by atoms with van der Waals surface area (Å²) in [5, 5.41) is 6.07. The second-order valence-corrected chi connectivity index (χ2v) is 7.58. The highest BCUT2D eigenvalue weighted by Gasteiger charge is 2.20. The van der Waals surface area contributed by atoms with Crippen LogP contribution in [0.5, 0.6) is 5.75 Å². The molecule has 0 bridgehead atoms. The number of carbonyl (C=O) groups excluding carboxylic acids is 1. The zero-order chi connectivity index (χ0) is 17.0. The minimum Gasteiger partial charge on any atom is -0.496 e. The van der Waals surface area contributed by atoms with E-state index in [1.807, 2.05) is 12.3 Å². The van der Waals surface area contributed by atoms with E-state index in [-0.39, 0.29) is 11.9 Å². The van der Waals surface area contributed by atoms with E-state index in [1.54, 1.807) is 36.6 Å². The van der Waals surface area contributed by atoms with E-state index in [9.17, 15) is 4.79 Å². The topological polar surface area (TPSA) is 51.2 Å². The van der Waals surface area contributed by atoms with Crippen LogP contribution >= 0.6 is 27.3 Å². The predicted molar refractivity (Wildman–Crippen MR) is 97.2 cm³/mol. The molecule has 23 heavy (non-hydrogen) atoms. The summed E-state index contributed by atoms with van der Waals surface area (Å²) >= 11 is 5.01. The van der Waals surface area contributed by atoms with Crippen molar-refractivity contribution in [2.24, 2.45) is 5.92 Å². The quantitative estimate of drug-likeness (QED) is 0.766. The zero-order valence-corrected chi connectivity index (χ0v) is 16.1. The lowest BCUT2D eigenvalue weighted by molar-refractivity contribution is 0.0931. The largest absolute Gasteiger partial charge is 0.496 e. The molecule has 0 saturated heterocycles. The number of hydrogen-bond donors (Lipinski definition) is 1. The molecule has 0 radical (unpaired) electrons. The molecule has 4 nitrogen and oxygen atoms in total. The van der Waals surface area contributed by atoms with Crippen LogP contribution in [-0.2, 0) is 0 Å². The number of rotatable bonds is 6. The molecule has 0 spiro atoms. The highest BCUT2D eigenvalue weighted by molar-refractivity contribution is 9.10. The first-order valence-electron chi connectivity index (χ1n) is 7.47. The first-order valence-corrected chi connectivity index (χ1v) is 9.14. The van der Waals surface area contributed by atoms with Gasteiger partial charge in [0.2, 0.25) is 0 Å². The maximum atomic E-state index is 12.6. The second kappa shape index (κ2) is 7.93. The normalized spacial score (nSPS) is 12.3. The molecule has 0 aliphatic carbocycles. The number of hydrogen-bond acceptors (Lipinski definition) is 4. The van der Waals surface area contributed by atoms with E-state index in [0.717, 1.165) is 21.6 Å². The molecular formula is C17H21BrN2O2S. The van der Waals surface area contributed by atoms with Crippen LogP contribution in [0.15, 0.2) is 28.1 Å². The number of aryl methyl sites for hydroxylation is 1. The molecule has 1 aromatic carbocycles. The van der Waals surface area contributed by atoms with E-state index in [0.29, 0.717) is 17.2 Å². The zero-order valence-electron chi connectivity index (χ0n) is 13.7. The summed E-state index contributed by atoms with van der Waals surface area (Å²) in [4.78, 5) is 17.1. The van der Waals surface area contributed by atoms with Crippen LogP contribution in [0.1, 0.15) is 47.4 Å². The van der Waals surface area contributed by atoms with Crippen molar-refractivity contribution in [3.8, 4) is 5.75 Å². The second-order valence-electron chi connectivity index (χ2n) is 5.83. The summed E-state index contributed by atoms with van der Waals surface area (Å²) in [6.45, 7) is 6.25. The molecule has 1 atom stereocenters. The van der Waals surface area contributed by atoms with Gasteiger partial charge in [-0.05, 0) is 53.4 Å². The Morgan fingerprint density at radius 1 is 1.43 bits per heavy atom. The van der Waals surface area contributed by atoms with Gasteiger partial charge in [-0.2, -0.15) is 0 Å². The first kappa shape index (κ1) is 17.9. The van der Waals surface area contributed by atoms with Crippen molar-refractivity contribution in [3.05, 3.63) is 44.3 Å². The van der Waals surface area contributed by atoms with Crippen LogP contribution in [0.3, 0.4) is 0 Å². The Labute approximate surface area is 149 Å². The number of carbonyl (C=O) groups is 1. The van der Waals surface area contributed by atoms with Gasteiger partial charge in [-0.3, -0.25) is 4.79 Å². The molecule has 0 aliphatic rings. The Bertz CT molecular complexity index is 685. The Balaban J connectivity index is 2.18. The number of thiazole rings is 1. The highest BCUT2D eigenvalue weighted by atomic mass is 79.9. The van der Waals surface area contributed by atoms with Crippen LogP contribution < -0.4 is 10.1 Å². The monoisotopic (exact) mass is 396 g/mol. The van der Waals surface area contributed by atoms with Gasteiger partial charge in [-0.25, -0.2) is 4.98 Å². The fourth-order valence-electron chi connectivity index (χ4n) is 2.27. The van der Waals surface area contributed by atoms with Crippen LogP contribution in [-0.4, -0.2) is 18.0 Å². The molecule has 2 rings (SSSR count). The van der Waals surface area contributed by atoms with Crippen molar-refractivity contribution in [2.75, 3.05) is 7.11 Å². The van der Waals surface area contributed by atoms with Crippen molar-refractivity contribution >= 4 is 33.2 Å². The fourth-order valence-corrected chi connectivity index (χ4v) is 3.68. The Kier molecular flexibility index (Phi) is 6.18. The summed E-state index contributed by atoms with van der Waals surface area (Å²) < 4.78 is 5.96. The molecule has 0 aliphatic heterocycles. The van der Waals surface area contributed by atoms with Gasteiger partial charge >= 0.3 is 0 Å². The number of nitrogens with one attached hydrogen (secondary N) is 1. The molecule has 1 N–H and O–H groups in total. The van der Waals surface area contributed by atoms with Gasteiger partial charge in [-0.15, -0.1) is 11.3 Å². The molecule has 1 heterocycles. The van der Waals surface area contributed by atoms with Crippen molar-refractivity contribution in [1.29, 1.82) is 0 Å². The highest BCUT2D eigenvalue weighted by Crippen LogP contribution is 2.27. The van der Waals surface area contributed by atoms with Crippen molar-refractivity contribution in [2.45, 2.75) is 33.2 Å². The van der Waals surface area contributed by atoms with Crippen LogP contribution in [0.25, 0.3) is 0 Å². The molecule has 124 valence electrons. The van der Waals surface area contributed by atoms with Gasteiger partial charge in [0.25, 0.3) is 5.91 Å². The molecule has 6 heteroatoms. The van der Waals surface area contributed by atoms with Crippen molar-refractivity contribution in [1.82, 2.24) is 10.3 Å². The number of methoxy groups -OCH3 is 1.